The number of phenolic OH excluding ortho intramolecular Hbond substituents is 3. The molecule has 4 aromatic rings. The van der Waals surface area contributed by atoms with Crippen molar-refractivity contribution in [2.45, 2.75) is 112 Å². The Labute approximate surface area is 541 Å². The maximum Gasteiger partial charge on any atom is 0.326 e. The summed E-state index contributed by atoms with van der Waals surface area (Å²) in [4.78, 5) is 168. The number of aromatic hydroxyl groups is 3. The number of carbonyl (C=O) groups is 12. The first-order valence-corrected chi connectivity index (χ1v) is 32.0. The molecular formula is C57H74N12O18S4. The fraction of sp³-hybridized carbons (Fsp3) is 0.421. The third kappa shape index (κ3) is 26.0. The summed E-state index contributed by atoms with van der Waals surface area (Å²) in [5, 5.41) is 80.5. The number of hydrogen-bond acceptors (Lipinski definition) is 21. The molecule has 0 aliphatic heterocycles. The second-order valence-corrected chi connectivity index (χ2v) is 23.2. The number of H-pyrrole nitrogens is 1. The number of carboxylic acid groups (broad SMARTS) is 3. The monoisotopic (exact) mass is 1340 g/mol. The standard InChI is InChI=1S/C57H74N12O18S4/c1-90-17-15-37(49(78)67-43(57(86)87)21-31-7-13-35(72)14-8-31)62-53(82)42(24-47(75)76)66-56(85)44(26-88)68-50(79)38(16-18-91-2)61-51(80)39(20-30-5-11-34(71)12-6-30)64-55(84)45(27-89)69-52(81)40(22-32-25-59-28-60-32)65-54(83)41(23-46(73)74)63-48(77)36(58)19-29-3-9-33(70)10-4-29/h3-14,25,28,36-45,70-72,88-89H,15-24,26-27,58H2,1-2H3,(H,59,60)(H,61,80)(H,62,82)(H,63,77)(H,64,84)(H,65,83)(H,66,85)(H,67,78)(H,68,79)(H,69,81)(H,73,74)(H,75,76)(H,86,87)/t36-,37+,38-,39-,40-,41-,42+,43-,44-,45-/m0/s1. The number of phenols is 3. The molecule has 18 N–H and O–H groups in total. The van der Waals surface area contributed by atoms with Gasteiger partial charge in [-0.15, -0.1) is 0 Å². The highest BCUT2D eigenvalue weighted by molar-refractivity contribution is 7.98. The molecule has 10 atom stereocenters. The van der Waals surface area contributed by atoms with Crippen LogP contribution in [0.15, 0.2) is 85.3 Å². The van der Waals surface area contributed by atoms with E-state index in [1.54, 1.807) is 12.5 Å². The van der Waals surface area contributed by atoms with Crippen molar-refractivity contribution in [3.63, 3.8) is 0 Å². The zero-order valence-corrected chi connectivity index (χ0v) is 52.6. The van der Waals surface area contributed by atoms with E-state index in [2.05, 4.69) is 83.1 Å². The Balaban J connectivity index is 1.53. The minimum absolute atomic E-state index is 0.0429. The average molecular weight is 1340 g/mol. The largest absolute Gasteiger partial charge is 0.508 e. The normalized spacial score (nSPS) is 14.3. The van der Waals surface area contributed by atoms with Gasteiger partial charge in [-0.2, -0.15) is 48.8 Å². The third-order valence-corrected chi connectivity index (χ3v) is 15.5. The summed E-state index contributed by atoms with van der Waals surface area (Å²) < 4.78 is 0. The Morgan fingerprint density at radius 2 is 0.747 bits per heavy atom. The van der Waals surface area contributed by atoms with Gasteiger partial charge in [-0.1, -0.05) is 36.4 Å². The van der Waals surface area contributed by atoms with E-state index in [-0.39, 0.29) is 73.0 Å². The lowest BCUT2D eigenvalue weighted by Crippen LogP contribution is -2.61. The molecule has 30 nitrogen and oxygen atoms in total. The van der Waals surface area contributed by atoms with Gasteiger partial charge < -0.3 is 89.2 Å². The average Bonchev–Trinajstić information content (AvgIpc) is 2.22. The molecule has 0 fully saturated rings. The molecule has 1 heterocycles. The first kappa shape index (κ1) is 74.7. The second-order valence-electron chi connectivity index (χ2n) is 20.5. The molecule has 4 rings (SSSR count). The van der Waals surface area contributed by atoms with Gasteiger partial charge in [-0.25, -0.2) is 9.78 Å². The van der Waals surface area contributed by atoms with E-state index in [1.807, 2.05) is 0 Å². The number of carboxylic acids is 3. The van der Waals surface area contributed by atoms with Crippen LogP contribution < -0.4 is 53.6 Å². The number of amides is 9. The highest BCUT2D eigenvalue weighted by Gasteiger charge is 2.37. The van der Waals surface area contributed by atoms with Gasteiger partial charge in [0.15, 0.2) is 0 Å². The van der Waals surface area contributed by atoms with Gasteiger partial charge in [0.2, 0.25) is 53.2 Å². The molecule has 0 radical (unpaired) electrons. The topological polar surface area (TPSA) is 489 Å². The lowest BCUT2D eigenvalue weighted by molar-refractivity contribution is -0.143. The summed E-state index contributed by atoms with van der Waals surface area (Å²) in [7, 11) is 0. The fourth-order valence-corrected chi connectivity index (χ4v) is 10.0. The summed E-state index contributed by atoms with van der Waals surface area (Å²) in [6.07, 6.45) is 2.97. The lowest BCUT2D eigenvalue weighted by Gasteiger charge is -2.27. The number of nitrogens with two attached hydrogens (primary N) is 1. The Hall–Kier alpha value is -8.73. The quantitative estimate of drug-likeness (QED) is 0.0213. The number of thiol groups is 2. The van der Waals surface area contributed by atoms with Crippen LogP contribution in [0.25, 0.3) is 0 Å². The van der Waals surface area contributed by atoms with Crippen LogP contribution in [-0.4, -0.2) is 208 Å². The van der Waals surface area contributed by atoms with Crippen molar-refractivity contribution in [2.24, 2.45) is 5.73 Å². The highest BCUT2D eigenvalue weighted by Crippen LogP contribution is 2.16. The van der Waals surface area contributed by atoms with E-state index < -0.39 is 156 Å². The zero-order valence-electron chi connectivity index (χ0n) is 49.2. The Bertz CT molecular complexity index is 3130. The van der Waals surface area contributed by atoms with Crippen molar-refractivity contribution in [2.75, 3.05) is 35.5 Å². The van der Waals surface area contributed by atoms with Crippen molar-refractivity contribution in [3.05, 3.63) is 108 Å². The van der Waals surface area contributed by atoms with Crippen LogP contribution in [0.2, 0.25) is 0 Å². The first-order valence-electron chi connectivity index (χ1n) is 27.9. The smallest absolute Gasteiger partial charge is 0.326 e. The minimum Gasteiger partial charge on any atom is -0.508 e. The summed E-state index contributed by atoms with van der Waals surface area (Å²) in [6.45, 7) is 0. The van der Waals surface area contributed by atoms with Crippen LogP contribution in [0.4, 0.5) is 0 Å². The van der Waals surface area contributed by atoms with Crippen LogP contribution in [0.3, 0.4) is 0 Å². The lowest BCUT2D eigenvalue weighted by atomic mass is 10.0. The number of benzene rings is 3. The van der Waals surface area contributed by atoms with E-state index in [9.17, 15) is 88.2 Å². The number of thioether (sulfide) groups is 2. The number of rotatable bonds is 39. The van der Waals surface area contributed by atoms with Gasteiger partial charge in [0.05, 0.1) is 30.9 Å². The van der Waals surface area contributed by atoms with Crippen LogP contribution in [0.1, 0.15) is 48.1 Å². The van der Waals surface area contributed by atoms with Gasteiger partial charge >= 0.3 is 17.9 Å². The summed E-state index contributed by atoms with van der Waals surface area (Å²) >= 11 is 11.0. The predicted molar refractivity (Wildman–Crippen MR) is 339 cm³/mol. The molecule has 34 heteroatoms. The number of aromatic amines is 1. The number of aliphatic carboxylic acids is 3. The molecule has 0 aliphatic carbocycles. The predicted octanol–water partition coefficient (Wildman–Crippen LogP) is -2.11. The summed E-state index contributed by atoms with van der Waals surface area (Å²) in [5.74, 6) is -14.5. The van der Waals surface area contributed by atoms with Gasteiger partial charge in [0.1, 0.15) is 71.6 Å². The molecule has 0 bridgehead atoms. The maximum absolute atomic E-state index is 14.5. The van der Waals surface area contributed by atoms with Crippen molar-refractivity contribution in [1.82, 2.24) is 57.8 Å². The van der Waals surface area contributed by atoms with E-state index in [0.717, 1.165) is 0 Å². The molecule has 9 amide bonds. The number of hydrogen-bond donors (Lipinski definition) is 19. The van der Waals surface area contributed by atoms with Crippen molar-refractivity contribution < 1.29 is 88.2 Å². The van der Waals surface area contributed by atoms with Crippen LogP contribution in [0, 0.1) is 0 Å². The Kier molecular flexibility index (Phi) is 31.3. The van der Waals surface area contributed by atoms with E-state index in [1.165, 1.54) is 109 Å². The number of nitrogens with one attached hydrogen (secondary N) is 10. The molecule has 0 aliphatic rings. The van der Waals surface area contributed by atoms with Crippen LogP contribution in [-0.2, 0) is 83.2 Å². The molecular weight excluding hydrogens is 1270 g/mol. The van der Waals surface area contributed by atoms with Gasteiger partial charge in [0.25, 0.3) is 0 Å². The third-order valence-electron chi connectivity index (χ3n) is 13.5. The van der Waals surface area contributed by atoms with Crippen molar-refractivity contribution in [1.29, 1.82) is 0 Å². The van der Waals surface area contributed by atoms with E-state index >= 15 is 0 Å². The number of nitrogens with zero attached hydrogens (tertiary/aromatic N) is 1. The molecule has 91 heavy (non-hydrogen) atoms. The number of aromatic nitrogens is 2. The number of imidazole rings is 1. The van der Waals surface area contributed by atoms with Crippen LogP contribution in [0.5, 0.6) is 17.2 Å². The molecule has 0 saturated heterocycles. The zero-order chi connectivity index (χ0) is 67.3. The fourth-order valence-electron chi connectivity index (χ4n) is 8.57. The first-order chi connectivity index (χ1) is 43.2. The Morgan fingerprint density at radius 3 is 1.11 bits per heavy atom. The SMILES string of the molecule is CSCC[C@H](NC(=O)[C@H](Cc1ccc(O)cc1)NC(=O)[C@H](CS)NC(=O)[C@H](Cc1c[nH]cn1)NC(=O)[C@H](CC(=O)O)NC(=O)[C@@H](N)Cc1ccc(O)cc1)C(=O)N[C@@H](CS)C(=O)N[C@H](CC(=O)O)C(=O)N[C@H](CCSC)C(=O)N[C@@H](Cc1ccc(O)cc1)C(=O)O. The van der Waals surface area contributed by atoms with Gasteiger partial charge in [0, 0.05) is 37.0 Å². The van der Waals surface area contributed by atoms with Crippen molar-refractivity contribution >= 4 is 120 Å². The van der Waals surface area contributed by atoms with Crippen molar-refractivity contribution in [3.8, 4) is 17.2 Å². The summed E-state index contributed by atoms with van der Waals surface area (Å²) in [6, 6.07) is 1.04. The Morgan fingerprint density at radius 1 is 0.440 bits per heavy atom. The molecule has 0 spiro atoms. The van der Waals surface area contributed by atoms with Gasteiger partial charge in [-0.05, 0) is 96.4 Å². The second kappa shape index (κ2) is 38.1. The highest BCUT2D eigenvalue weighted by atomic mass is 32.2. The molecule has 1 aromatic heterocycles. The maximum atomic E-state index is 14.5. The summed E-state index contributed by atoms with van der Waals surface area (Å²) in [5.41, 5.74) is 7.65. The van der Waals surface area contributed by atoms with E-state index in [4.69, 9.17) is 5.73 Å². The minimum atomic E-state index is -1.88. The van der Waals surface area contributed by atoms with Crippen LogP contribution >= 0.6 is 48.8 Å². The molecule has 494 valence electrons. The van der Waals surface area contributed by atoms with E-state index in [0.29, 0.717) is 16.7 Å². The van der Waals surface area contributed by atoms with Gasteiger partial charge in [-0.3, -0.25) is 52.7 Å². The molecule has 0 unspecified atom stereocenters. The number of carbonyl (C=O) groups excluding carboxylic acids is 9. The molecule has 3 aromatic carbocycles. The molecule has 0 saturated carbocycles.